The van der Waals surface area contributed by atoms with Crippen molar-refractivity contribution >= 4 is 5.97 Å². The van der Waals surface area contributed by atoms with Crippen LogP contribution in [-0.4, -0.2) is 48.8 Å². The van der Waals surface area contributed by atoms with Crippen molar-refractivity contribution in [2.75, 3.05) is 26.8 Å². The highest BCUT2D eigenvalue weighted by Crippen LogP contribution is 2.46. The second-order valence-electron chi connectivity index (χ2n) is 5.55. The van der Waals surface area contributed by atoms with Crippen molar-refractivity contribution in [3.63, 3.8) is 0 Å². The number of nitrogens with zero attached hydrogens (tertiary/aromatic N) is 1. The molecule has 1 aliphatic carbocycles. The van der Waals surface area contributed by atoms with E-state index in [9.17, 15) is 9.90 Å². The van der Waals surface area contributed by atoms with Gasteiger partial charge in [0.2, 0.25) is 0 Å². The number of ether oxygens (including phenoxy) is 1. The summed E-state index contributed by atoms with van der Waals surface area (Å²) in [7, 11) is 1.57. The van der Waals surface area contributed by atoms with E-state index in [1.54, 1.807) is 7.11 Å². The van der Waals surface area contributed by atoms with E-state index in [0.717, 1.165) is 13.1 Å². The molecular weight excluding hydrogens is 218 g/mol. The monoisotopic (exact) mass is 241 g/mol. The van der Waals surface area contributed by atoms with Gasteiger partial charge in [-0.1, -0.05) is 12.8 Å². The van der Waals surface area contributed by atoms with Gasteiger partial charge in [0.15, 0.2) is 0 Å². The lowest BCUT2D eigenvalue weighted by atomic mass is 9.77. The third-order valence-corrected chi connectivity index (χ3v) is 4.57. The van der Waals surface area contributed by atoms with Crippen molar-refractivity contribution in [3.8, 4) is 0 Å². The Kier molecular flexibility index (Phi) is 4.05. The molecule has 0 aromatic rings. The van der Waals surface area contributed by atoms with Gasteiger partial charge in [0.25, 0.3) is 0 Å². The van der Waals surface area contributed by atoms with E-state index < -0.39 is 12.0 Å². The zero-order valence-electron chi connectivity index (χ0n) is 10.7. The largest absolute Gasteiger partial charge is 0.480 e. The van der Waals surface area contributed by atoms with Crippen molar-refractivity contribution in [3.05, 3.63) is 0 Å². The molecule has 1 unspecified atom stereocenters. The Hall–Kier alpha value is -0.610. The standard InChI is InChI=1S/C13H23NO3/c1-17-10-11(12(15)16)14-8-6-13(7-9-14)4-2-3-5-13/h11H,2-10H2,1H3,(H,15,16). The van der Waals surface area contributed by atoms with Gasteiger partial charge < -0.3 is 9.84 Å². The molecule has 1 N–H and O–H groups in total. The third-order valence-electron chi connectivity index (χ3n) is 4.57. The van der Waals surface area contributed by atoms with Crippen LogP contribution < -0.4 is 0 Å². The molecule has 1 heterocycles. The first-order chi connectivity index (χ1) is 8.17. The van der Waals surface area contributed by atoms with Gasteiger partial charge in [-0.25, -0.2) is 0 Å². The number of methoxy groups -OCH3 is 1. The molecule has 2 rings (SSSR count). The van der Waals surface area contributed by atoms with Crippen LogP contribution >= 0.6 is 0 Å². The second-order valence-corrected chi connectivity index (χ2v) is 5.55. The Morgan fingerprint density at radius 3 is 2.35 bits per heavy atom. The number of piperidine rings is 1. The van der Waals surface area contributed by atoms with Crippen molar-refractivity contribution in [1.82, 2.24) is 4.90 Å². The van der Waals surface area contributed by atoms with Gasteiger partial charge >= 0.3 is 5.97 Å². The zero-order valence-corrected chi connectivity index (χ0v) is 10.7. The maximum absolute atomic E-state index is 11.2. The molecule has 17 heavy (non-hydrogen) atoms. The molecule has 2 fully saturated rings. The van der Waals surface area contributed by atoms with Crippen LogP contribution in [0, 0.1) is 5.41 Å². The first-order valence-corrected chi connectivity index (χ1v) is 6.63. The lowest BCUT2D eigenvalue weighted by molar-refractivity contribution is -0.146. The molecule has 0 aromatic heterocycles. The van der Waals surface area contributed by atoms with Crippen molar-refractivity contribution in [1.29, 1.82) is 0 Å². The number of aliphatic carboxylic acids is 1. The number of hydrogen-bond acceptors (Lipinski definition) is 3. The third kappa shape index (κ3) is 2.80. The molecule has 4 heteroatoms. The van der Waals surface area contributed by atoms with Gasteiger partial charge in [-0.3, -0.25) is 9.69 Å². The van der Waals surface area contributed by atoms with E-state index in [1.165, 1.54) is 38.5 Å². The van der Waals surface area contributed by atoms with Crippen LogP contribution in [0.4, 0.5) is 0 Å². The predicted molar refractivity (Wildman–Crippen MR) is 65.0 cm³/mol. The first-order valence-electron chi connectivity index (χ1n) is 6.63. The minimum absolute atomic E-state index is 0.294. The van der Waals surface area contributed by atoms with Crippen LogP contribution in [0.5, 0.6) is 0 Å². The van der Waals surface area contributed by atoms with Gasteiger partial charge in [0, 0.05) is 7.11 Å². The Bertz CT molecular complexity index is 264. The van der Waals surface area contributed by atoms with Gasteiger partial charge in [-0.2, -0.15) is 0 Å². The number of carboxylic acids is 1. The Morgan fingerprint density at radius 2 is 1.88 bits per heavy atom. The Labute approximate surface area is 103 Å². The molecule has 0 amide bonds. The average molecular weight is 241 g/mol. The smallest absolute Gasteiger partial charge is 0.323 e. The molecule has 1 saturated heterocycles. The molecule has 4 nitrogen and oxygen atoms in total. The molecule has 0 aromatic carbocycles. The lowest BCUT2D eigenvalue weighted by Crippen LogP contribution is -2.49. The van der Waals surface area contributed by atoms with E-state index >= 15 is 0 Å². The van der Waals surface area contributed by atoms with Crippen LogP contribution in [0.1, 0.15) is 38.5 Å². The maximum Gasteiger partial charge on any atom is 0.323 e. The molecule has 1 atom stereocenters. The number of hydrogen-bond donors (Lipinski definition) is 1. The molecule has 0 bridgehead atoms. The van der Waals surface area contributed by atoms with E-state index in [0.29, 0.717) is 12.0 Å². The van der Waals surface area contributed by atoms with Gasteiger partial charge in [0.1, 0.15) is 6.04 Å². The molecular formula is C13H23NO3. The van der Waals surface area contributed by atoms with Crippen LogP contribution in [0.15, 0.2) is 0 Å². The summed E-state index contributed by atoms with van der Waals surface area (Å²) in [6.07, 6.45) is 7.76. The fraction of sp³-hybridized carbons (Fsp3) is 0.923. The van der Waals surface area contributed by atoms with Crippen molar-refractivity contribution < 1.29 is 14.6 Å². The summed E-state index contributed by atoms with van der Waals surface area (Å²) in [5, 5.41) is 9.19. The summed E-state index contributed by atoms with van der Waals surface area (Å²) in [4.78, 5) is 13.3. The van der Waals surface area contributed by atoms with Crippen LogP contribution in [0.3, 0.4) is 0 Å². The minimum atomic E-state index is -0.755. The van der Waals surface area contributed by atoms with E-state index in [1.807, 2.05) is 0 Å². The lowest BCUT2D eigenvalue weighted by Gasteiger charge is -2.41. The summed E-state index contributed by atoms with van der Waals surface area (Å²) in [5.74, 6) is -0.755. The number of likely N-dealkylation sites (tertiary alicyclic amines) is 1. The van der Waals surface area contributed by atoms with Gasteiger partial charge in [-0.05, 0) is 44.2 Å². The summed E-state index contributed by atoms with van der Waals surface area (Å²) < 4.78 is 5.01. The summed E-state index contributed by atoms with van der Waals surface area (Å²) in [6.45, 7) is 2.13. The average Bonchev–Trinajstić information content (AvgIpc) is 2.76. The van der Waals surface area contributed by atoms with Gasteiger partial charge in [-0.15, -0.1) is 0 Å². The first kappa shape index (κ1) is 12.8. The summed E-state index contributed by atoms with van der Waals surface area (Å²) in [5.41, 5.74) is 0.548. The highest BCUT2D eigenvalue weighted by molar-refractivity contribution is 5.73. The number of carboxylic acid groups (broad SMARTS) is 1. The molecule has 2 aliphatic rings. The number of carbonyl (C=O) groups is 1. The van der Waals surface area contributed by atoms with Crippen molar-refractivity contribution in [2.24, 2.45) is 5.41 Å². The van der Waals surface area contributed by atoms with Crippen LogP contribution in [0.2, 0.25) is 0 Å². The fourth-order valence-electron chi connectivity index (χ4n) is 3.43. The van der Waals surface area contributed by atoms with Crippen LogP contribution in [-0.2, 0) is 9.53 Å². The zero-order chi connectivity index (χ0) is 12.3. The van der Waals surface area contributed by atoms with Crippen molar-refractivity contribution in [2.45, 2.75) is 44.6 Å². The molecule has 1 spiro atoms. The van der Waals surface area contributed by atoms with E-state index in [-0.39, 0.29) is 0 Å². The second kappa shape index (κ2) is 5.36. The topological polar surface area (TPSA) is 49.8 Å². The van der Waals surface area contributed by atoms with E-state index in [4.69, 9.17) is 4.74 Å². The minimum Gasteiger partial charge on any atom is -0.480 e. The molecule has 1 aliphatic heterocycles. The molecule has 98 valence electrons. The highest BCUT2D eigenvalue weighted by atomic mass is 16.5. The van der Waals surface area contributed by atoms with Gasteiger partial charge in [0.05, 0.1) is 6.61 Å². The summed E-state index contributed by atoms with van der Waals surface area (Å²) in [6, 6.07) is -0.459. The Morgan fingerprint density at radius 1 is 1.29 bits per heavy atom. The maximum atomic E-state index is 11.2. The normalized spacial score (nSPS) is 26.2. The quantitative estimate of drug-likeness (QED) is 0.814. The van der Waals surface area contributed by atoms with E-state index in [2.05, 4.69) is 4.90 Å². The Balaban J connectivity index is 1.90. The summed E-state index contributed by atoms with van der Waals surface area (Å²) >= 11 is 0. The highest BCUT2D eigenvalue weighted by Gasteiger charge is 2.39. The number of rotatable bonds is 4. The van der Waals surface area contributed by atoms with Crippen LogP contribution in [0.25, 0.3) is 0 Å². The molecule has 1 saturated carbocycles. The fourth-order valence-corrected chi connectivity index (χ4v) is 3.43. The molecule has 0 radical (unpaired) electrons. The SMILES string of the molecule is COCC(C(=O)O)N1CCC2(CCCC2)CC1. The predicted octanol–water partition coefficient (Wildman–Crippen LogP) is 1.74.